The number of ketones is 5. The Morgan fingerprint density at radius 3 is 1.54 bits per heavy atom. The number of rotatable bonds is 6. The van der Waals surface area contributed by atoms with E-state index < -0.39 is 120 Å². The van der Waals surface area contributed by atoms with Crippen LogP contribution in [0, 0.1) is 88.8 Å². The first-order valence-electron chi connectivity index (χ1n) is 46.7. The van der Waals surface area contributed by atoms with E-state index in [0.29, 0.717) is 120 Å². The van der Waals surface area contributed by atoms with Gasteiger partial charge in [0, 0.05) is 87.3 Å². The van der Waals surface area contributed by atoms with Gasteiger partial charge in [-0.05, 0) is 220 Å². The average Bonchev–Trinajstić information content (AvgIpc) is 0.780. The van der Waals surface area contributed by atoms with Crippen molar-refractivity contribution in [1.82, 2.24) is 9.80 Å². The second-order valence-corrected chi connectivity index (χ2v) is 38.9. The summed E-state index contributed by atoms with van der Waals surface area (Å²) in [4.78, 5) is 128. The van der Waals surface area contributed by atoms with Gasteiger partial charge in [-0.3, -0.25) is 33.6 Å². The number of carbonyl (C=O) groups excluding carboxylic acids is 9. The highest BCUT2D eigenvalue weighted by molar-refractivity contribution is 6.39. The third kappa shape index (κ3) is 31.6. The molecule has 4 unspecified atom stereocenters. The Morgan fingerprint density at radius 2 is 0.976 bits per heavy atom. The van der Waals surface area contributed by atoms with Crippen LogP contribution in [-0.4, -0.2) is 202 Å². The highest BCUT2D eigenvalue weighted by atomic mass is 16.6. The highest BCUT2D eigenvalue weighted by Crippen LogP contribution is 2.42. The third-order valence-electron chi connectivity index (χ3n) is 28.3. The number of carbonyl (C=O) groups is 9. The van der Waals surface area contributed by atoms with Crippen LogP contribution >= 0.6 is 0 Å². The Bertz CT molecular complexity index is 3720. The normalized spacial score (nSPS) is 40.7. The van der Waals surface area contributed by atoms with Crippen molar-refractivity contribution in [2.24, 2.45) is 88.8 Å². The minimum Gasteiger partial charge on any atom is -0.460 e. The number of Topliss-reactive ketones (excluding diaryl/α,β-unsaturated/α-hetero) is 5. The molecule has 0 radical (unpaired) electrons. The number of amides is 2. The number of aliphatic hydroxyl groups excluding tert-OH is 6. The molecule has 6 heterocycles. The molecule has 0 aromatic rings. The fourth-order valence-electron chi connectivity index (χ4n) is 19.6. The zero-order valence-electron chi connectivity index (χ0n) is 77.7. The predicted molar refractivity (Wildman–Crippen MR) is 476 cm³/mol. The molecule has 6 aliphatic heterocycles. The van der Waals surface area contributed by atoms with Crippen molar-refractivity contribution in [3.8, 4) is 0 Å². The number of aliphatic hydroxyl groups is 8. The number of ether oxygens (including phenoxy) is 4. The number of piperidine rings is 2. The van der Waals surface area contributed by atoms with Crippen molar-refractivity contribution in [2.45, 2.75) is 370 Å². The molecule has 8 aliphatic rings. The molecule has 6 fully saturated rings. The lowest BCUT2D eigenvalue weighted by molar-refractivity contribution is -0.283. The molecule has 28 atom stereocenters. The van der Waals surface area contributed by atoms with E-state index in [9.17, 15) is 78.9 Å². The van der Waals surface area contributed by atoms with Crippen LogP contribution in [0.4, 0.5) is 0 Å². The van der Waals surface area contributed by atoms with E-state index in [-0.39, 0.29) is 146 Å². The summed E-state index contributed by atoms with van der Waals surface area (Å²) in [7, 11) is 1.00. The van der Waals surface area contributed by atoms with Gasteiger partial charge in [-0.15, -0.1) is 0 Å². The molecular weight excluding hydrogens is 1570 g/mol. The summed E-state index contributed by atoms with van der Waals surface area (Å²) in [5.41, 5.74) is 2.85. The molecule has 8 rings (SSSR count). The number of allylic oxidation sites excluding steroid dienone is 13. The molecule has 8 N–H and O–H groups in total. The van der Waals surface area contributed by atoms with Gasteiger partial charge in [-0.2, -0.15) is 0 Å². The van der Waals surface area contributed by atoms with Crippen molar-refractivity contribution in [3.63, 3.8) is 0 Å². The van der Waals surface area contributed by atoms with Crippen LogP contribution in [0.1, 0.15) is 291 Å². The van der Waals surface area contributed by atoms with Crippen LogP contribution in [0.5, 0.6) is 0 Å². The summed E-state index contributed by atoms with van der Waals surface area (Å²) < 4.78 is 25.0. The fraction of sp³-hybridized carbons (Fsp3) is 0.750. The number of hydrogen-bond donors (Lipinski definition) is 8. The van der Waals surface area contributed by atoms with Crippen LogP contribution < -0.4 is 0 Å². The SMILES string of the molecule is C/C1=C\[C@@H](C)C(=O)C[C@@H]([C@H](C)CC2CCC[C@H](O)C2)OC(=O)[C@@H]2CCCCN2C(=O)C[C@]2(O)OC(CC[C@H]2C)C[C@H](O)/C(C)=C/C=C/C=C/[C@@H](C)C[C@@H](C)C(=O)C[C@@H]1O.C/C1=C\[C@@H](C)C(=O)C[C@@H]([C@H](C)CC2CC[C@@H](O)[C@H](C)C2)OC(=O)[C@@H]2CCCCN2C(=O)C(=O)[C@]2(O)OC(CC[C@H]2C)C[C@H](C)/C(C)=C/C=C/C=C/[C@@H](C)C[C@@H](C)C(=O)[C@H](C)[C@@H]1O.CO. The lowest BCUT2D eigenvalue weighted by Crippen LogP contribution is -2.60. The smallest absolute Gasteiger partial charge is 0.329 e. The van der Waals surface area contributed by atoms with Crippen molar-refractivity contribution >= 4 is 52.7 Å². The third-order valence-corrected chi connectivity index (χ3v) is 28.3. The lowest BCUT2D eigenvalue weighted by atomic mass is 9.75. The molecule has 2 aliphatic carbocycles. The summed E-state index contributed by atoms with van der Waals surface area (Å²) in [6.07, 6.45) is 30.4. The summed E-state index contributed by atoms with van der Waals surface area (Å²) in [6, 6.07) is -1.97. The molecule has 123 heavy (non-hydrogen) atoms. The molecular formula is C100H158N2O21. The van der Waals surface area contributed by atoms with Crippen molar-refractivity contribution < 1.29 is 103 Å². The topological polar surface area (TPSA) is 359 Å². The van der Waals surface area contributed by atoms with Crippen LogP contribution in [0.2, 0.25) is 0 Å². The van der Waals surface area contributed by atoms with Crippen LogP contribution in [0.15, 0.2) is 95.2 Å². The predicted octanol–water partition coefficient (Wildman–Crippen LogP) is 14.8. The molecule has 2 amide bonds. The maximum atomic E-state index is 14.3. The Hall–Kier alpha value is -6.25. The molecule has 4 bridgehead atoms. The number of cyclic esters (lactones) is 2. The fourth-order valence-corrected chi connectivity index (χ4v) is 19.6. The van der Waals surface area contributed by atoms with Gasteiger partial charge >= 0.3 is 11.9 Å². The minimum atomic E-state index is -2.35. The van der Waals surface area contributed by atoms with Crippen molar-refractivity contribution in [1.29, 1.82) is 0 Å². The highest BCUT2D eigenvalue weighted by Gasteiger charge is 2.54. The monoisotopic (exact) mass is 1720 g/mol. The Balaban J connectivity index is 0.000000374. The number of hydrogen-bond acceptors (Lipinski definition) is 21. The molecule has 0 aromatic carbocycles. The zero-order chi connectivity index (χ0) is 91.5. The van der Waals surface area contributed by atoms with Gasteiger partial charge in [-0.1, -0.05) is 181 Å². The summed E-state index contributed by atoms with van der Waals surface area (Å²) in [6.45, 7) is 32.4. The first-order chi connectivity index (χ1) is 58.0. The summed E-state index contributed by atoms with van der Waals surface area (Å²) in [5.74, 6) is -11.5. The molecule has 23 nitrogen and oxygen atoms in total. The lowest BCUT2D eigenvalue weighted by Gasteiger charge is -2.44. The molecule has 2 saturated carbocycles. The van der Waals surface area contributed by atoms with E-state index in [2.05, 4.69) is 19.9 Å². The average molecular weight is 1720 g/mol. The van der Waals surface area contributed by atoms with Gasteiger partial charge in [0.2, 0.25) is 11.7 Å². The van der Waals surface area contributed by atoms with Crippen LogP contribution in [-0.2, 0) is 62.1 Å². The van der Waals surface area contributed by atoms with Crippen LogP contribution in [0.25, 0.3) is 0 Å². The summed E-state index contributed by atoms with van der Waals surface area (Å²) >= 11 is 0. The molecule has 694 valence electrons. The Morgan fingerprint density at radius 1 is 0.463 bits per heavy atom. The second kappa shape index (κ2) is 50.5. The molecule has 0 aromatic heterocycles. The number of esters is 2. The van der Waals surface area contributed by atoms with Crippen molar-refractivity contribution in [3.05, 3.63) is 95.2 Å². The maximum absolute atomic E-state index is 14.3. The summed E-state index contributed by atoms with van der Waals surface area (Å²) in [5, 5.41) is 85.0. The Kier molecular flexibility index (Phi) is 43.3. The van der Waals surface area contributed by atoms with Gasteiger partial charge in [0.05, 0.1) is 49.1 Å². The largest absolute Gasteiger partial charge is 0.460 e. The van der Waals surface area contributed by atoms with Gasteiger partial charge < -0.3 is 69.6 Å². The van der Waals surface area contributed by atoms with E-state index in [1.807, 2.05) is 117 Å². The first-order valence-corrected chi connectivity index (χ1v) is 46.7. The molecule has 23 heteroatoms. The molecule has 0 spiro atoms. The van der Waals surface area contributed by atoms with E-state index in [1.165, 1.54) is 9.80 Å². The number of fused-ring (bicyclic) bond motifs is 6. The molecule has 4 saturated heterocycles. The van der Waals surface area contributed by atoms with Gasteiger partial charge in [0.25, 0.3) is 11.7 Å². The first kappa shape index (κ1) is 106. The van der Waals surface area contributed by atoms with E-state index in [0.717, 1.165) is 50.4 Å². The maximum Gasteiger partial charge on any atom is 0.329 e. The van der Waals surface area contributed by atoms with E-state index >= 15 is 0 Å². The van der Waals surface area contributed by atoms with E-state index in [1.54, 1.807) is 53.7 Å². The van der Waals surface area contributed by atoms with E-state index in [4.69, 9.17) is 24.1 Å². The van der Waals surface area contributed by atoms with Gasteiger partial charge in [0.15, 0.2) is 5.79 Å². The standard InChI is InChI=1S/C51H79NO10.C48H75NO10.CH4O/c1-30-16-12-11-13-17-31(2)32(3)28-41-21-19-38(9)51(60,62-41)48(57)49(58)52-23-15-14-18-42(52)50(59)61-45(35(6)27-40-20-22-43(53)34(5)26-40)29-44(54)33(4)25-37(8)47(56)39(10)46(55)36(7)24-30;1-30-14-9-8-10-15-31(2)41(51)26-39-20-19-36(7)48(57,59-39)29-46(55)49-21-12-11-18-40(49)47(56)58-45(35(6)24-37-16-13-17-38(50)25-37)28-44(54)34(5)23-33(4)43(53)27-42(52)32(3)22-30;1-2/h11-13,16-17,25,30,32-36,38-43,45,47,53,56,60H,14-15,18-24,26-29H2,1-10H3;8-10,14-15,23,30,32,34-41,43,45,50-51,53,57H,11-13,16-22,24-29H2,1-7H3;2H,1H3/b13-11+,16-12+,31-17+,37-25+;10-8+,14-9+,31-15+,33-23+;/t30-,32+,33-,34-,35-,36-,38-,39+,40?,41?,42+,43-,45+,47-,51-;30-,32-,34-,35-,36-,37?,38+,39?,40+,41+,43+,45+,48+;/m11./s1. The minimum absolute atomic E-state index is 0.0475. The van der Waals surface area contributed by atoms with Crippen molar-refractivity contribution in [2.75, 3.05) is 20.2 Å². The zero-order valence-corrected chi connectivity index (χ0v) is 77.7. The quantitative estimate of drug-likeness (QED) is 0.0695. The van der Waals surface area contributed by atoms with Gasteiger partial charge in [-0.25, -0.2) is 9.59 Å². The van der Waals surface area contributed by atoms with Gasteiger partial charge in [0.1, 0.15) is 47.4 Å². The second-order valence-electron chi connectivity index (χ2n) is 38.9. The van der Waals surface area contributed by atoms with Crippen LogP contribution in [0.3, 0.4) is 0 Å². The number of nitrogens with zero attached hydrogens (tertiary/aromatic N) is 2. The Labute approximate surface area is 735 Å².